The molecule has 0 spiro atoms. The maximum atomic E-state index is 3.60. The summed E-state index contributed by atoms with van der Waals surface area (Å²) in [6.07, 6.45) is 5.67. The summed E-state index contributed by atoms with van der Waals surface area (Å²) >= 11 is 0. The van der Waals surface area contributed by atoms with Gasteiger partial charge in [-0.2, -0.15) is 0 Å². The van der Waals surface area contributed by atoms with Crippen LogP contribution in [0.25, 0.3) is 0 Å². The maximum absolute atomic E-state index is 3.60. The van der Waals surface area contributed by atoms with Crippen molar-refractivity contribution in [1.82, 2.24) is 10.2 Å². The fourth-order valence-corrected chi connectivity index (χ4v) is 3.96. The highest BCUT2D eigenvalue weighted by Gasteiger charge is 2.39. The van der Waals surface area contributed by atoms with Crippen LogP contribution in [0.4, 0.5) is 0 Å². The summed E-state index contributed by atoms with van der Waals surface area (Å²) in [5.74, 6) is 2.70. The van der Waals surface area contributed by atoms with Crippen molar-refractivity contribution in [3.05, 3.63) is 0 Å². The fraction of sp³-hybridized carbons (Fsp3) is 1.00. The molecule has 0 aromatic rings. The molecular formula is C16H32N2. The standard InChI is InChI=1S/C16H32N2/c1-11(2)18(10-14-6-7-14)16-13(4)8-12(3)9-15(16)17-5/h11-17H,6-10H2,1-5H3. The molecule has 1 N–H and O–H groups in total. The van der Waals surface area contributed by atoms with E-state index in [1.165, 1.54) is 32.2 Å². The predicted molar refractivity (Wildman–Crippen MR) is 78.8 cm³/mol. The van der Waals surface area contributed by atoms with Gasteiger partial charge in [0.2, 0.25) is 0 Å². The topological polar surface area (TPSA) is 15.3 Å². The van der Waals surface area contributed by atoms with E-state index < -0.39 is 0 Å². The van der Waals surface area contributed by atoms with Gasteiger partial charge in [-0.15, -0.1) is 0 Å². The zero-order chi connectivity index (χ0) is 13.3. The Labute approximate surface area is 114 Å². The van der Waals surface area contributed by atoms with Crippen LogP contribution >= 0.6 is 0 Å². The average molecular weight is 252 g/mol. The van der Waals surface area contributed by atoms with Crippen LogP contribution < -0.4 is 5.32 Å². The molecule has 2 fully saturated rings. The average Bonchev–Trinajstić information content (AvgIpc) is 3.09. The maximum Gasteiger partial charge on any atom is 0.0277 e. The highest BCUT2D eigenvalue weighted by Crippen LogP contribution is 2.37. The first-order valence-electron chi connectivity index (χ1n) is 7.96. The number of nitrogens with zero attached hydrogens (tertiary/aromatic N) is 1. The van der Waals surface area contributed by atoms with Gasteiger partial charge in [0.05, 0.1) is 0 Å². The van der Waals surface area contributed by atoms with Crippen LogP contribution in [0.2, 0.25) is 0 Å². The quantitative estimate of drug-likeness (QED) is 0.809. The number of rotatable bonds is 5. The van der Waals surface area contributed by atoms with Crippen LogP contribution in [0.15, 0.2) is 0 Å². The smallest absolute Gasteiger partial charge is 0.0277 e. The lowest BCUT2D eigenvalue weighted by Gasteiger charge is -2.47. The summed E-state index contributed by atoms with van der Waals surface area (Å²) in [6.45, 7) is 11.0. The molecule has 2 nitrogen and oxygen atoms in total. The minimum absolute atomic E-state index is 0.683. The second-order valence-electron chi connectivity index (χ2n) is 7.17. The summed E-state index contributed by atoms with van der Waals surface area (Å²) in [5.41, 5.74) is 0. The van der Waals surface area contributed by atoms with Gasteiger partial charge < -0.3 is 5.32 Å². The van der Waals surface area contributed by atoms with Crippen LogP contribution in [0.1, 0.15) is 53.4 Å². The van der Waals surface area contributed by atoms with Gasteiger partial charge in [0.1, 0.15) is 0 Å². The molecule has 0 amide bonds. The molecule has 0 bridgehead atoms. The molecule has 2 heteroatoms. The van der Waals surface area contributed by atoms with Gasteiger partial charge in [0, 0.05) is 24.7 Å². The molecule has 0 radical (unpaired) electrons. The second-order valence-corrected chi connectivity index (χ2v) is 7.17. The third-order valence-electron chi connectivity index (χ3n) is 5.01. The van der Waals surface area contributed by atoms with E-state index in [-0.39, 0.29) is 0 Å². The van der Waals surface area contributed by atoms with E-state index >= 15 is 0 Å². The molecule has 0 saturated heterocycles. The second kappa shape index (κ2) is 5.92. The first-order valence-corrected chi connectivity index (χ1v) is 7.96. The van der Waals surface area contributed by atoms with Crippen LogP contribution in [0.5, 0.6) is 0 Å². The normalized spacial score (nSPS) is 37.5. The number of hydrogen-bond acceptors (Lipinski definition) is 2. The first kappa shape index (κ1) is 14.3. The van der Waals surface area contributed by atoms with Crippen molar-refractivity contribution in [1.29, 1.82) is 0 Å². The molecule has 2 aliphatic carbocycles. The van der Waals surface area contributed by atoms with Crippen molar-refractivity contribution in [2.75, 3.05) is 13.6 Å². The molecule has 2 saturated carbocycles. The lowest BCUT2D eigenvalue weighted by Crippen LogP contribution is -2.58. The molecule has 0 aliphatic heterocycles. The van der Waals surface area contributed by atoms with E-state index in [0.717, 1.165) is 23.8 Å². The van der Waals surface area contributed by atoms with Crippen molar-refractivity contribution < 1.29 is 0 Å². The summed E-state index contributed by atoms with van der Waals surface area (Å²) in [6, 6.07) is 2.11. The van der Waals surface area contributed by atoms with Crippen LogP contribution in [0, 0.1) is 17.8 Å². The molecular weight excluding hydrogens is 220 g/mol. The Morgan fingerprint density at radius 3 is 2.33 bits per heavy atom. The van der Waals surface area contributed by atoms with E-state index in [1.54, 1.807) is 0 Å². The lowest BCUT2D eigenvalue weighted by molar-refractivity contribution is 0.0385. The zero-order valence-corrected chi connectivity index (χ0v) is 12.9. The van der Waals surface area contributed by atoms with Crippen molar-refractivity contribution >= 4 is 0 Å². The Kier molecular flexibility index (Phi) is 4.71. The molecule has 106 valence electrons. The summed E-state index contributed by atoms with van der Waals surface area (Å²) < 4.78 is 0. The molecule has 18 heavy (non-hydrogen) atoms. The molecule has 0 aromatic carbocycles. The third kappa shape index (κ3) is 3.27. The minimum Gasteiger partial charge on any atom is -0.315 e. The fourth-order valence-electron chi connectivity index (χ4n) is 3.96. The number of likely N-dealkylation sites (N-methyl/N-ethyl adjacent to an activating group) is 1. The van der Waals surface area contributed by atoms with Crippen LogP contribution in [-0.2, 0) is 0 Å². The highest BCUT2D eigenvalue weighted by molar-refractivity contribution is 4.96. The summed E-state index contributed by atoms with van der Waals surface area (Å²) in [5, 5.41) is 3.60. The lowest BCUT2D eigenvalue weighted by atomic mass is 9.75. The largest absolute Gasteiger partial charge is 0.315 e. The van der Waals surface area contributed by atoms with Gasteiger partial charge in [0.15, 0.2) is 0 Å². The Balaban J connectivity index is 2.08. The van der Waals surface area contributed by atoms with E-state index in [4.69, 9.17) is 0 Å². The Morgan fingerprint density at radius 1 is 1.17 bits per heavy atom. The summed E-state index contributed by atoms with van der Waals surface area (Å²) in [4.78, 5) is 2.80. The van der Waals surface area contributed by atoms with Crippen molar-refractivity contribution in [2.24, 2.45) is 17.8 Å². The highest BCUT2D eigenvalue weighted by atomic mass is 15.2. The Bertz CT molecular complexity index is 260. The molecule has 0 aromatic heterocycles. The Hall–Kier alpha value is -0.0800. The molecule has 0 heterocycles. The van der Waals surface area contributed by atoms with Gasteiger partial charge in [-0.25, -0.2) is 0 Å². The van der Waals surface area contributed by atoms with E-state index in [0.29, 0.717) is 12.1 Å². The molecule has 2 rings (SSSR count). The SMILES string of the molecule is CNC1CC(C)CC(C)C1N(CC1CC1)C(C)C. The van der Waals surface area contributed by atoms with Gasteiger partial charge in [-0.05, 0) is 64.3 Å². The molecule has 4 unspecified atom stereocenters. The van der Waals surface area contributed by atoms with Gasteiger partial charge in [0.25, 0.3) is 0 Å². The van der Waals surface area contributed by atoms with Crippen LogP contribution in [0.3, 0.4) is 0 Å². The number of hydrogen-bond donors (Lipinski definition) is 1. The van der Waals surface area contributed by atoms with Gasteiger partial charge in [-0.3, -0.25) is 4.90 Å². The molecule has 2 aliphatic rings. The van der Waals surface area contributed by atoms with E-state index in [2.05, 4.69) is 45.0 Å². The third-order valence-corrected chi connectivity index (χ3v) is 5.01. The predicted octanol–water partition coefficient (Wildman–Crippen LogP) is 3.13. The zero-order valence-electron chi connectivity index (χ0n) is 12.9. The number of nitrogens with one attached hydrogen (secondary N) is 1. The van der Waals surface area contributed by atoms with Gasteiger partial charge >= 0.3 is 0 Å². The minimum atomic E-state index is 0.683. The summed E-state index contributed by atoms with van der Waals surface area (Å²) in [7, 11) is 2.15. The monoisotopic (exact) mass is 252 g/mol. The Morgan fingerprint density at radius 2 is 1.83 bits per heavy atom. The molecule has 4 atom stereocenters. The van der Waals surface area contributed by atoms with E-state index in [9.17, 15) is 0 Å². The van der Waals surface area contributed by atoms with Crippen molar-refractivity contribution in [2.45, 2.75) is 71.5 Å². The van der Waals surface area contributed by atoms with E-state index in [1.807, 2.05) is 0 Å². The van der Waals surface area contributed by atoms with Crippen LogP contribution in [-0.4, -0.2) is 36.6 Å². The first-order chi connectivity index (χ1) is 8.52. The van der Waals surface area contributed by atoms with Gasteiger partial charge in [-0.1, -0.05) is 13.8 Å². The van der Waals surface area contributed by atoms with Crippen molar-refractivity contribution in [3.63, 3.8) is 0 Å². The van der Waals surface area contributed by atoms with Crippen molar-refractivity contribution in [3.8, 4) is 0 Å².